The van der Waals surface area contributed by atoms with Crippen molar-refractivity contribution in [3.05, 3.63) is 51.3 Å². The monoisotopic (exact) mass is 408 g/mol. The molecule has 0 radical (unpaired) electrons. The van der Waals surface area contributed by atoms with E-state index in [9.17, 15) is 14.7 Å². The number of hydrogen-bond acceptors (Lipinski definition) is 7. The van der Waals surface area contributed by atoms with E-state index in [2.05, 4.69) is 0 Å². The Hall–Kier alpha value is -3.39. The standard InChI is InChI=1S/C22H20N2O6/c1-4-22(27)14-7-16-19-12(9-24(16)20(25)13(14)10-30-21(22)26)5-11-6-17(28-2)18(29-3)8-15(11)23-19/h5-8,27H,4,9-10H2,1-3H3. The lowest BCUT2D eigenvalue weighted by atomic mass is 9.86. The highest BCUT2D eigenvalue weighted by Gasteiger charge is 2.45. The van der Waals surface area contributed by atoms with Gasteiger partial charge in [-0.15, -0.1) is 0 Å². The maximum absolute atomic E-state index is 13.2. The van der Waals surface area contributed by atoms with Crippen LogP contribution in [-0.4, -0.2) is 34.8 Å². The summed E-state index contributed by atoms with van der Waals surface area (Å²) < 4.78 is 17.5. The maximum Gasteiger partial charge on any atom is 0.343 e. The second kappa shape index (κ2) is 6.30. The number of methoxy groups -OCH3 is 2. The number of pyridine rings is 2. The van der Waals surface area contributed by atoms with Crippen molar-refractivity contribution in [1.29, 1.82) is 0 Å². The Kier molecular flexibility index (Phi) is 3.91. The van der Waals surface area contributed by atoms with Gasteiger partial charge in [-0.3, -0.25) is 4.79 Å². The Morgan fingerprint density at radius 2 is 1.90 bits per heavy atom. The first kappa shape index (κ1) is 18.6. The first-order valence-corrected chi connectivity index (χ1v) is 9.64. The third-order valence-corrected chi connectivity index (χ3v) is 6.01. The van der Waals surface area contributed by atoms with Crippen LogP contribution in [0.2, 0.25) is 0 Å². The molecule has 3 aromatic rings. The van der Waals surface area contributed by atoms with Gasteiger partial charge in [0.2, 0.25) is 0 Å². The first-order valence-electron chi connectivity index (χ1n) is 9.64. The number of fused-ring (bicyclic) bond motifs is 5. The van der Waals surface area contributed by atoms with E-state index in [1.54, 1.807) is 37.8 Å². The predicted octanol–water partition coefficient (Wildman–Crippen LogP) is 2.10. The zero-order valence-corrected chi connectivity index (χ0v) is 16.8. The average molecular weight is 408 g/mol. The van der Waals surface area contributed by atoms with Crippen molar-refractivity contribution >= 4 is 16.9 Å². The van der Waals surface area contributed by atoms with Crippen LogP contribution in [-0.2, 0) is 28.3 Å². The number of esters is 1. The van der Waals surface area contributed by atoms with Gasteiger partial charge in [-0.05, 0) is 24.6 Å². The number of aromatic nitrogens is 2. The topological polar surface area (TPSA) is 99.9 Å². The fourth-order valence-corrected chi connectivity index (χ4v) is 4.31. The minimum atomic E-state index is -1.83. The maximum atomic E-state index is 13.2. The summed E-state index contributed by atoms with van der Waals surface area (Å²) in [5.74, 6) is 0.420. The minimum Gasteiger partial charge on any atom is -0.493 e. The van der Waals surface area contributed by atoms with Crippen molar-refractivity contribution in [2.24, 2.45) is 0 Å². The molecule has 1 N–H and O–H groups in total. The minimum absolute atomic E-state index is 0.108. The summed E-state index contributed by atoms with van der Waals surface area (Å²) in [6.07, 6.45) is 0.108. The summed E-state index contributed by atoms with van der Waals surface area (Å²) >= 11 is 0. The zero-order chi connectivity index (χ0) is 21.2. The molecule has 1 aromatic carbocycles. The molecule has 5 rings (SSSR count). The van der Waals surface area contributed by atoms with Crippen LogP contribution >= 0.6 is 0 Å². The SMILES string of the molecule is CCC1(O)C(=O)OCc2c1cc1n(c2=O)Cc2cc3cc(OC)c(OC)cc3nc2-1. The van der Waals surface area contributed by atoms with Crippen LogP contribution in [0.5, 0.6) is 11.5 Å². The molecule has 1 unspecified atom stereocenters. The van der Waals surface area contributed by atoms with Crippen LogP contribution < -0.4 is 15.0 Å². The van der Waals surface area contributed by atoms with Gasteiger partial charge in [0.25, 0.3) is 5.56 Å². The van der Waals surface area contributed by atoms with Gasteiger partial charge >= 0.3 is 5.97 Å². The highest BCUT2D eigenvalue weighted by Crippen LogP contribution is 2.40. The Balaban J connectivity index is 1.76. The fraction of sp³-hybridized carbons (Fsp3) is 0.318. The van der Waals surface area contributed by atoms with E-state index in [0.717, 1.165) is 10.9 Å². The molecule has 4 heterocycles. The Labute approximate surface area is 171 Å². The Morgan fingerprint density at radius 3 is 2.60 bits per heavy atom. The number of benzene rings is 1. The highest BCUT2D eigenvalue weighted by atomic mass is 16.6. The Morgan fingerprint density at radius 1 is 1.17 bits per heavy atom. The fourth-order valence-electron chi connectivity index (χ4n) is 4.31. The molecule has 2 aromatic heterocycles. The molecule has 1 atom stereocenters. The molecule has 8 heteroatoms. The quantitative estimate of drug-likeness (QED) is 0.518. The largest absolute Gasteiger partial charge is 0.493 e. The van der Waals surface area contributed by atoms with Crippen LogP contribution in [0.1, 0.15) is 30.0 Å². The van der Waals surface area contributed by atoms with Gasteiger partial charge < -0.3 is 23.9 Å². The lowest BCUT2D eigenvalue weighted by molar-refractivity contribution is -0.172. The highest BCUT2D eigenvalue weighted by molar-refractivity contribution is 5.88. The average Bonchev–Trinajstić information content (AvgIpc) is 3.12. The van der Waals surface area contributed by atoms with Crippen molar-refractivity contribution in [2.75, 3.05) is 14.2 Å². The van der Waals surface area contributed by atoms with E-state index in [1.165, 1.54) is 0 Å². The van der Waals surface area contributed by atoms with Crippen molar-refractivity contribution in [3.63, 3.8) is 0 Å². The van der Waals surface area contributed by atoms with Crippen LogP contribution in [0.15, 0.2) is 29.1 Å². The first-order chi connectivity index (χ1) is 14.4. The lowest BCUT2D eigenvalue weighted by Gasteiger charge is -2.31. The normalized spacial score (nSPS) is 19.1. The summed E-state index contributed by atoms with van der Waals surface area (Å²) in [5, 5.41) is 11.8. The molecule has 0 saturated heterocycles. The molecule has 0 aliphatic carbocycles. The van der Waals surface area contributed by atoms with Crippen molar-refractivity contribution in [2.45, 2.75) is 32.1 Å². The smallest absolute Gasteiger partial charge is 0.343 e. The van der Waals surface area contributed by atoms with Gasteiger partial charge in [-0.1, -0.05) is 6.92 Å². The van der Waals surface area contributed by atoms with Gasteiger partial charge in [0.1, 0.15) is 6.61 Å². The summed E-state index contributed by atoms with van der Waals surface area (Å²) in [4.78, 5) is 30.2. The summed E-state index contributed by atoms with van der Waals surface area (Å²) in [5.41, 5.74) is 1.29. The van der Waals surface area contributed by atoms with Crippen molar-refractivity contribution in [1.82, 2.24) is 9.55 Å². The number of nitrogens with zero attached hydrogens (tertiary/aromatic N) is 2. The molecule has 30 heavy (non-hydrogen) atoms. The lowest BCUT2D eigenvalue weighted by Crippen LogP contribution is -2.44. The molecule has 0 fully saturated rings. The van der Waals surface area contributed by atoms with E-state index >= 15 is 0 Å². The summed E-state index contributed by atoms with van der Waals surface area (Å²) in [6.45, 7) is 1.89. The van der Waals surface area contributed by atoms with E-state index in [1.807, 2.05) is 12.1 Å². The van der Waals surface area contributed by atoms with Crippen molar-refractivity contribution < 1.29 is 24.1 Å². The third-order valence-electron chi connectivity index (χ3n) is 6.01. The molecule has 0 amide bonds. The molecule has 154 valence electrons. The van der Waals surface area contributed by atoms with E-state index in [4.69, 9.17) is 19.2 Å². The molecule has 0 bridgehead atoms. The molecular formula is C22H20N2O6. The number of ether oxygens (including phenoxy) is 3. The van der Waals surface area contributed by atoms with Gasteiger partial charge in [0.05, 0.1) is 43.2 Å². The number of aliphatic hydroxyl groups is 1. The van der Waals surface area contributed by atoms with Crippen LogP contribution in [0.3, 0.4) is 0 Å². The molecular weight excluding hydrogens is 388 g/mol. The number of cyclic esters (lactones) is 1. The number of carbonyl (C=O) groups excluding carboxylic acids is 1. The zero-order valence-electron chi connectivity index (χ0n) is 16.8. The van der Waals surface area contributed by atoms with Crippen LogP contribution in [0.25, 0.3) is 22.3 Å². The summed E-state index contributed by atoms with van der Waals surface area (Å²) in [6, 6.07) is 7.30. The Bertz CT molecular complexity index is 1300. The molecule has 2 aliphatic heterocycles. The molecule has 0 spiro atoms. The molecule has 2 aliphatic rings. The van der Waals surface area contributed by atoms with E-state index < -0.39 is 11.6 Å². The number of carbonyl (C=O) groups is 1. The van der Waals surface area contributed by atoms with E-state index in [0.29, 0.717) is 46.1 Å². The molecule has 8 nitrogen and oxygen atoms in total. The van der Waals surface area contributed by atoms with Gasteiger partial charge in [0.15, 0.2) is 17.1 Å². The molecule has 0 saturated carbocycles. The van der Waals surface area contributed by atoms with E-state index in [-0.39, 0.29) is 18.6 Å². The predicted molar refractivity (Wildman–Crippen MR) is 108 cm³/mol. The van der Waals surface area contributed by atoms with Crippen molar-refractivity contribution in [3.8, 4) is 22.9 Å². The van der Waals surface area contributed by atoms with Gasteiger partial charge in [-0.25, -0.2) is 9.78 Å². The van der Waals surface area contributed by atoms with Gasteiger partial charge in [-0.2, -0.15) is 0 Å². The number of rotatable bonds is 3. The van der Waals surface area contributed by atoms with Gasteiger partial charge in [0, 0.05) is 22.6 Å². The second-order valence-corrected chi connectivity index (χ2v) is 7.50. The van der Waals surface area contributed by atoms with Crippen LogP contribution in [0, 0.1) is 0 Å². The van der Waals surface area contributed by atoms with Crippen LogP contribution in [0.4, 0.5) is 0 Å². The second-order valence-electron chi connectivity index (χ2n) is 7.50. The third kappa shape index (κ3) is 2.34. The number of hydrogen-bond donors (Lipinski definition) is 1. The summed E-state index contributed by atoms with van der Waals surface area (Å²) in [7, 11) is 3.13.